The molecular formula is C22H20N2O6S. The number of amides is 2. The molecule has 0 bridgehead atoms. The van der Waals surface area contributed by atoms with Gasteiger partial charge in [0.15, 0.2) is 12.5 Å². The first-order valence-electron chi connectivity index (χ1n) is 9.71. The molecular weight excluding hydrogens is 420 g/mol. The van der Waals surface area contributed by atoms with Crippen LogP contribution in [-0.2, 0) is 11.2 Å². The first-order chi connectivity index (χ1) is 14.9. The van der Waals surface area contributed by atoms with Gasteiger partial charge in [0.2, 0.25) is 5.12 Å². The maximum Gasteiger partial charge on any atom is 0.287 e. The summed E-state index contributed by atoms with van der Waals surface area (Å²) in [6, 6.07) is 11.6. The zero-order valence-corrected chi connectivity index (χ0v) is 17.6. The summed E-state index contributed by atoms with van der Waals surface area (Å²) in [5.41, 5.74) is 1.74. The van der Waals surface area contributed by atoms with Gasteiger partial charge < -0.3 is 19.7 Å². The van der Waals surface area contributed by atoms with Crippen LogP contribution in [0.3, 0.4) is 0 Å². The number of hydrogen-bond donors (Lipinski definition) is 1. The Hall–Kier alpha value is -3.33. The van der Waals surface area contributed by atoms with Gasteiger partial charge in [-0.15, -0.1) is 0 Å². The van der Waals surface area contributed by atoms with Crippen molar-refractivity contribution in [2.45, 2.75) is 19.4 Å². The van der Waals surface area contributed by atoms with E-state index in [0.29, 0.717) is 47.4 Å². The number of rotatable bonds is 7. The van der Waals surface area contributed by atoms with Crippen molar-refractivity contribution < 1.29 is 28.7 Å². The lowest BCUT2D eigenvalue weighted by Crippen LogP contribution is -2.41. The minimum Gasteiger partial charge on any atom is -0.492 e. The van der Waals surface area contributed by atoms with E-state index in [9.17, 15) is 19.2 Å². The summed E-state index contributed by atoms with van der Waals surface area (Å²) in [6.45, 7) is 2.16. The summed E-state index contributed by atoms with van der Waals surface area (Å²) in [5, 5.41) is 2.15. The number of ether oxygens (including phenoxy) is 2. The molecule has 2 aromatic rings. The summed E-state index contributed by atoms with van der Waals surface area (Å²) in [4.78, 5) is 48.8. The fourth-order valence-electron chi connectivity index (χ4n) is 3.34. The van der Waals surface area contributed by atoms with Crippen LogP contribution in [0.15, 0.2) is 42.5 Å². The second-order valence-electron chi connectivity index (χ2n) is 7.21. The standard InChI is InChI=1S/C22H20N2O6S/c1-13(25)15-4-7-19-17(11-15)20(26)24(12-30-19)8-9-29-16-5-2-14(3-6-16)10-18-21(27)31-22(28)23-18/h2-7,11,18H,8-10,12H2,1H3,(H,23,28). The number of fused-ring (bicyclic) bond motifs is 1. The first-order valence-corrected chi connectivity index (χ1v) is 10.5. The zero-order valence-electron chi connectivity index (χ0n) is 16.8. The Morgan fingerprint density at radius 2 is 1.97 bits per heavy atom. The molecule has 0 radical (unpaired) electrons. The number of nitrogens with one attached hydrogen (secondary N) is 1. The van der Waals surface area contributed by atoms with Gasteiger partial charge in [-0.05, 0) is 42.8 Å². The van der Waals surface area contributed by atoms with Crippen LogP contribution in [0.4, 0.5) is 4.79 Å². The van der Waals surface area contributed by atoms with Gasteiger partial charge in [0, 0.05) is 23.7 Å². The third-order valence-corrected chi connectivity index (χ3v) is 5.83. The van der Waals surface area contributed by atoms with Gasteiger partial charge in [-0.3, -0.25) is 19.2 Å². The Bertz CT molecular complexity index is 1050. The molecule has 2 aromatic carbocycles. The topological polar surface area (TPSA) is 102 Å². The normalized spacial score (nSPS) is 17.8. The van der Waals surface area contributed by atoms with Crippen LogP contribution in [-0.4, -0.2) is 52.9 Å². The van der Waals surface area contributed by atoms with E-state index >= 15 is 0 Å². The first kappa shape index (κ1) is 20.9. The van der Waals surface area contributed by atoms with E-state index in [1.807, 2.05) is 12.1 Å². The Morgan fingerprint density at radius 3 is 2.65 bits per heavy atom. The van der Waals surface area contributed by atoms with Crippen LogP contribution in [0, 0.1) is 0 Å². The number of carbonyl (C=O) groups is 4. The van der Waals surface area contributed by atoms with Gasteiger partial charge in [-0.2, -0.15) is 0 Å². The van der Waals surface area contributed by atoms with Crippen molar-refractivity contribution in [2.75, 3.05) is 19.9 Å². The summed E-state index contributed by atoms with van der Waals surface area (Å²) in [7, 11) is 0. The van der Waals surface area contributed by atoms with E-state index in [0.717, 1.165) is 5.56 Å². The van der Waals surface area contributed by atoms with E-state index in [4.69, 9.17) is 9.47 Å². The van der Waals surface area contributed by atoms with Crippen molar-refractivity contribution in [2.24, 2.45) is 0 Å². The Kier molecular flexibility index (Phi) is 5.94. The molecule has 0 aliphatic carbocycles. The van der Waals surface area contributed by atoms with Crippen LogP contribution in [0.5, 0.6) is 11.5 Å². The van der Waals surface area contributed by atoms with Crippen molar-refractivity contribution in [1.29, 1.82) is 0 Å². The molecule has 1 saturated heterocycles. The molecule has 1 fully saturated rings. The second kappa shape index (κ2) is 8.81. The van der Waals surface area contributed by atoms with Gasteiger partial charge in [-0.25, -0.2) is 0 Å². The molecule has 31 heavy (non-hydrogen) atoms. The smallest absolute Gasteiger partial charge is 0.287 e. The van der Waals surface area contributed by atoms with Gasteiger partial charge in [0.25, 0.3) is 11.1 Å². The van der Waals surface area contributed by atoms with Crippen LogP contribution in [0.25, 0.3) is 0 Å². The number of thioether (sulfide) groups is 1. The van der Waals surface area contributed by atoms with Crippen molar-refractivity contribution in [3.8, 4) is 11.5 Å². The van der Waals surface area contributed by atoms with Crippen LogP contribution in [0.1, 0.15) is 33.2 Å². The maximum absolute atomic E-state index is 12.7. The molecule has 2 amide bonds. The zero-order chi connectivity index (χ0) is 22.0. The highest BCUT2D eigenvalue weighted by molar-refractivity contribution is 8.26. The van der Waals surface area contributed by atoms with Crippen molar-refractivity contribution in [3.63, 3.8) is 0 Å². The highest BCUT2D eigenvalue weighted by Gasteiger charge is 2.31. The number of benzene rings is 2. The van der Waals surface area contributed by atoms with Gasteiger partial charge in [0.1, 0.15) is 24.1 Å². The molecule has 2 heterocycles. The monoisotopic (exact) mass is 440 g/mol. The minimum absolute atomic E-state index is 0.113. The van der Waals surface area contributed by atoms with E-state index in [1.165, 1.54) is 11.8 Å². The third-order valence-electron chi connectivity index (χ3n) is 5.04. The van der Waals surface area contributed by atoms with E-state index in [2.05, 4.69) is 5.32 Å². The Balaban J connectivity index is 1.30. The molecule has 8 nitrogen and oxygen atoms in total. The van der Waals surface area contributed by atoms with Crippen molar-refractivity contribution in [1.82, 2.24) is 10.2 Å². The molecule has 0 spiro atoms. The maximum atomic E-state index is 12.7. The molecule has 0 aromatic heterocycles. The predicted octanol–water partition coefficient (Wildman–Crippen LogP) is 2.65. The Morgan fingerprint density at radius 1 is 1.19 bits per heavy atom. The SMILES string of the molecule is CC(=O)c1ccc2c(c1)C(=O)N(CCOc1ccc(CC3NC(=O)SC3=O)cc1)CO2. The van der Waals surface area contributed by atoms with Gasteiger partial charge >= 0.3 is 0 Å². The molecule has 2 aliphatic rings. The highest BCUT2D eigenvalue weighted by atomic mass is 32.2. The summed E-state index contributed by atoms with van der Waals surface area (Å²) in [5.74, 6) is 0.782. The number of ketones is 1. The van der Waals surface area contributed by atoms with Crippen LogP contribution in [0.2, 0.25) is 0 Å². The number of carbonyl (C=O) groups excluding carboxylic acids is 4. The molecule has 2 aliphatic heterocycles. The quantitative estimate of drug-likeness (QED) is 0.661. The highest BCUT2D eigenvalue weighted by Crippen LogP contribution is 2.26. The average Bonchev–Trinajstić information content (AvgIpc) is 3.07. The van der Waals surface area contributed by atoms with Gasteiger partial charge in [-0.1, -0.05) is 12.1 Å². The lowest BCUT2D eigenvalue weighted by molar-refractivity contribution is -0.112. The molecule has 4 rings (SSSR count). The number of nitrogens with zero attached hydrogens (tertiary/aromatic N) is 1. The summed E-state index contributed by atoms with van der Waals surface area (Å²) in [6.07, 6.45) is 0.430. The predicted molar refractivity (Wildman–Crippen MR) is 114 cm³/mol. The summed E-state index contributed by atoms with van der Waals surface area (Å²) >= 11 is 0.701. The number of Topliss-reactive ketones (excluding diaryl/α,β-unsaturated/α-hetero) is 1. The van der Waals surface area contributed by atoms with E-state index in [-0.39, 0.29) is 35.4 Å². The largest absolute Gasteiger partial charge is 0.492 e. The minimum atomic E-state index is -0.499. The van der Waals surface area contributed by atoms with Crippen LogP contribution < -0.4 is 14.8 Å². The van der Waals surface area contributed by atoms with Crippen molar-refractivity contribution >= 4 is 33.8 Å². The molecule has 160 valence electrons. The lowest BCUT2D eigenvalue weighted by atomic mass is 10.1. The number of hydrogen-bond acceptors (Lipinski definition) is 7. The Labute approximate surface area is 182 Å². The molecule has 1 atom stereocenters. The van der Waals surface area contributed by atoms with Crippen molar-refractivity contribution in [3.05, 3.63) is 59.2 Å². The van der Waals surface area contributed by atoms with E-state index < -0.39 is 6.04 Å². The summed E-state index contributed by atoms with van der Waals surface area (Å²) < 4.78 is 11.3. The lowest BCUT2D eigenvalue weighted by Gasteiger charge is -2.28. The van der Waals surface area contributed by atoms with Crippen LogP contribution >= 0.6 is 11.8 Å². The molecule has 1 N–H and O–H groups in total. The molecule has 1 unspecified atom stereocenters. The van der Waals surface area contributed by atoms with E-state index in [1.54, 1.807) is 30.3 Å². The fourth-order valence-corrected chi connectivity index (χ4v) is 4.01. The molecule has 9 heteroatoms. The molecule has 0 saturated carbocycles. The van der Waals surface area contributed by atoms with Gasteiger partial charge in [0.05, 0.1) is 12.1 Å². The fraction of sp³-hybridized carbons (Fsp3) is 0.273. The second-order valence-corrected chi connectivity index (χ2v) is 8.19. The third kappa shape index (κ3) is 4.72. The average molecular weight is 440 g/mol.